The average molecular weight is 247 g/mol. The van der Waals surface area contributed by atoms with Gasteiger partial charge in [-0.15, -0.1) is 0 Å². The molecule has 1 aliphatic heterocycles. The van der Waals surface area contributed by atoms with Gasteiger partial charge in [-0.1, -0.05) is 36.4 Å². The van der Waals surface area contributed by atoms with Crippen LogP contribution in [-0.2, 0) is 0 Å². The summed E-state index contributed by atoms with van der Waals surface area (Å²) in [5.74, 6) is 1.80. The number of hydrogen-bond donors (Lipinski definition) is 1. The molecule has 1 aliphatic rings. The Kier molecular flexibility index (Phi) is 2.06. The van der Waals surface area contributed by atoms with Crippen molar-refractivity contribution >= 4 is 22.1 Å². The maximum Gasteiger partial charge on any atom is 0.158 e. The van der Waals surface area contributed by atoms with Gasteiger partial charge in [-0.3, -0.25) is 0 Å². The molecule has 0 spiro atoms. The minimum Gasteiger partial charge on any atom is -0.452 e. The Balaban J connectivity index is 1.94. The number of anilines is 2. The van der Waals surface area contributed by atoms with Crippen molar-refractivity contribution < 1.29 is 4.74 Å². The number of hydrogen-bond acceptors (Lipinski definition) is 2. The highest BCUT2D eigenvalue weighted by molar-refractivity contribution is 5.96. The van der Waals surface area contributed by atoms with E-state index >= 15 is 0 Å². The van der Waals surface area contributed by atoms with Crippen LogP contribution in [0.15, 0.2) is 54.6 Å². The Hall–Kier alpha value is -2.48. The van der Waals surface area contributed by atoms with Crippen molar-refractivity contribution in [2.24, 2.45) is 0 Å². The van der Waals surface area contributed by atoms with Crippen molar-refractivity contribution in [2.75, 3.05) is 5.32 Å². The molecule has 0 atom stereocenters. The summed E-state index contributed by atoms with van der Waals surface area (Å²) in [5.41, 5.74) is 3.28. The van der Waals surface area contributed by atoms with Crippen molar-refractivity contribution in [3.63, 3.8) is 0 Å². The predicted octanol–water partition coefficient (Wildman–Crippen LogP) is 5.00. The fraction of sp³-hybridized carbons (Fsp3) is 0.0588. The lowest BCUT2D eigenvalue weighted by Crippen LogP contribution is -2.03. The van der Waals surface area contributed by atoms with Gasteiger partial charge in [0.2, 0.25) is 0 Å². The van der Waals surface area contributed by atoms with Gasteiger partial charge in [0.1, 0.15) is 0 Å². The second-order valence-corrected chi connectivity index (χ2v) is 4.89. The molecule has 4 rings (SSSR count). The van der Waals surface area contributed by atoms with Gasteiger partial charge in [0.15, 0.2) is 11.5 Å². The summed E-state index contributed by atoms with van der Waals surface area (Å²) < 4.78 is 6.08. The first-order valence-electron chi connectivity index (χ1n) is 6.38. The minimum absolute atomic E-state index is 0.884. The quantitative estimate of drug-likeness (QED) is 0.472. The third-order valence-electron chi connectivity index (χ3n) is 3.50. The summed E-state index contributed by atoms with van der Waals surface area (Å²) in [6.45, 7) is 2.08. The fourth-order valence-electron chi connectivity index (χ4n) is 2.54. The van der Waals surface area contributed by atoms with Crippen molar-refractivity contribution in [2.45, 2.75) is 6.92 Å². The molecule has 0 saturated carbocycles. The first-order chi connectivity index (χ1) is 9.31. The summed E-state index contributed by atoms with van der Waals surface area (Å²) in [4.78, 5) is 0. The summed E-state index contributed by atoms with van der Waals surface area (Å²) in [6.07, 6.45) is 0. The molecule has 2 nitrogen and oxygen atoms in total. The molecule has 0 fully saturated rings. The van der Waals surface area contributed by atoms with Gasteiger partial charge < -0.3 is 10.1 Å². The summed E-state index contributed by atoms with van der Waals surface area (Å²) >= 11 is 0. The zero-order chi connectivity index (χ0) is 12.8. The van der Waals surface area contributed by atoms with E-state index in [9.17, 15) is 0 Å². The van der Waals surface area contributed by atoms with Crippen LogP contribution in [0.1, 0.15) is 5.56 Å². The van der Waals surface area contributed by atoms with Crippen LogP contribution >= 0.6 is 0 Å². The lowest BCUT2D eigenvalue weighted by atomic mass is 10.1. The Morgan fingerprint density at radius 2 is 1.79 bits per heavy atom. The standard InChI is InChI=1S/C17H13NO/c1-11-6-9-16-15(10-11)18-14-8-7-12-4-2-3-5-13(12)17(14)19-16/h2-10,18H,1H3. The highest BCUT2D eigenvalue weighted by atomic mass is 16.5. The first kappa shape index (κ1) is 10.4. The number of rotatable bonds is 0. The lowest BCUT2D eigenvalue weighted by Gasteiger charge is -2.23. The van der Waals surface area contributed by atoms with E-state index in [2.05, 4.69) is 48.6 Å². The van der Waals surface area contributed by atoms with Gasteiger partial charge in [0, 0.05) is 5.39 Å². The largest absolute Gasteiger partial charge is 0.452 e. The highest BCUT2D eigenvalue weighted by Crippen LogP contribution is 2.45. The first-order valence-corrected chi connectivity index (χ1v) is 6.38. The molecular weight excluding hydrogens is 234 g/mol. The zero-order valence-electron chi connectivity index (χ0n) is 10.6. The van der Waals surface area contributed by atoms with Crippen LogP contribution in [-0.4, -0.2) is 0 Å². The third kappa shape index (κ3) is 1.57. The Labute approximate surface area is 111 Å². The van der Waals surface area contributed by atoms with Crippen molar-refractivity contribution in [3.05, 3.63) is 60.2 Å². The molecular formula is C17H13NO. The van der Waals surface area contributed by atoms with Crippen LogP contribution in [0, 0.1) is 6.92 Å². The molecule has 1 N–H and O–H groups in total. The van der Waals surface area contributed by atoms with Crippen LogP contribution in [0.4, 0.5) is 11.4 Å². The minimum atomic E-state index is 0.884. The number of nitrogens with one attached hydrogen (secondary N) is 1. The molecule has 0 amide bonds. The maximum atomic E-state index is 6.08. The molecule has 0 radical (unpaired) electrons. The predicted molar refractivity (Wildman–Crippen MR) is 78.5 cm³/mol. The molecule has 0 unspecified atom stereocenters. The van der Waals surface area contributed by atoms with Gasteiger partial charge >= 0.3 is 0 Å². The van der Waals surface area contributed by atoms with Gasteiger partial charge in [0.25, 0.3) is 0 Å². The summed E-state index contributed by atoms with van der Waals surface area (Å²) in [6, 6.07) is 18.7. The SMILES string of the molecule is Cc1ccc2c(c1)Nc1ccc3ccccc3c1O2. The van der Waals surface area contributed by atoms with E-state index in [1.54, 1.807) is 0 Å². The van der Waals surface area contributed by atoms with Gasteiger partial charge in [0.05, 0.1) is 11.4 Å². The van der Waals surface area contributed by atoms with Crippen molar-refractivity contribution in [1.82, 2.24) is 0 Å². The molecule has 1 heterocycles. The number of fused-ring (bicyclic) bond motifs is 4. The number of benzene rings is 3. The molecule has 19 heavy (non-hydrogen) atoms. The van der Waals surface area contributed by atoms with Crippen molar-refractivity contribution in [3.8, 4) is 11.5 Å². The second-order valence-electron chi connectivity index (χ2n) is 4.89. The highest BCUT2D eigenvalue weighted by Gasteiger charge is 2.18. The Morgan fingerprint density at radius 1 is 0.895 bits per heavy atom. The zero-order valence-corrected chi connectivity index (χ0v) is 10.6. The monoisotopic (exact) mass is 247 g/mol. The van der Waals surface area contributed by atoms with Crippen LogP contribution in [0.25, 0.3) is 10.8 Å². The topological polar surface area (TPSA) is 21.3 Å². The average Bonchev–Trinajstić information content (AvgIpc) is 2.45. The van der Waals surface area contributed by atoms with Crippen LogP contribution < -0.4 is 10.1 Å². The van der Waals surface area contributed by atoms with E-state index in [4.69, 9.17) is 4.74 Å². The van der Waals surface area contributed by atoms with E-state index in [1.807, 2.05) is 18.2 Å². The van der Waals surface area contributed by atoms with Gasteiger partial charge in [-0.25, -0.2) is 0 Å². The molecule has 3 aromatic carbocycles. The van der Waals surface area contributed by atoms with Crippen LogP contribution in [0.3, 0.4) is 0 Å². The number of ether oxygens (including phenoxy) is 1. The van der Waals surface area contributed by atoms with E-state index in [0.717, 1.165) is 28.3 Å². The van der Waals surface area contributed by atoms with Crippen LogP contribution in [0.5, 0.6) is 11.5 Å². The molecule has 92 valence electrons. The Morgan fingerprint density at radius 3 is 2.74 bits per heavy atom. The normalized spacial score (nSPS) is 12.3. The Bertz CT molecular complexity index is 792. The van der Waals surface area contributed by atoms with Gasteiger partial charge in [-0.2, -0.15) is 0 Å². The summed E-state index contributed by atoms with van der Waals surface area (Å²) in [5, 5.41) is 5.78. The second kappa shape index (κ2) is 3.75. The lowest BCUT2D eigenvalue weighted by molar-refractivity contribution is 0.486. The van der Waals surface area contributed by atoms with E-state index < -0.39 is 0 Å². The van der Waals surface area contributed by atoms with Crippen LogP contribution in [0.2, 0.25) is 0 Å². The van der Waals surface area contributed by atoms with Crippen molar-refractivity contribution in [1.29, 1.82) is 0 Å². The maximum absolute atomic E-state index is 6.08. The molecule has 2 heteroatoms. The third-order valence-corrected chi connectivity index (χ3v) is 3.50. The number of aryl methyl sites for hydroxylation is 1. The summed E-state index contributed by atoms with van der Waals surface area (Å²) in [7, 11) is 0. The fourth-order valence-corrected chi connectivity index (χ4v) is 2.54. The molecule has 0 bridgehead atoms. The molecule has 0 saturated heterocycles. The van der Waals surface area contributed by atoms with Gasteiger partial charge in [-0.05, 0) is 36.1 Å². The molecule has 3 aromatic rings. The van der Waals surface area contributed by atoms with E-state index in [-0.39, 0.29) is 0 Å². The smallest absolute Gasteiger partial charge is 0.158 e. The van der Waals surface area contributed by atoms with E-state index in [0.29, 0.717) is 0 Å². The van der Waals surface area contributed by atoms with E-state index in [1.165, 1.54) is 10.9 Å². The molecule has 0 aromatic heterocycles. The molecule has 0 aliphatic carbocycles.